The average molecular weight is 366 g/mol. The molecule has 24 heavy (non-hydrogen) atoms. The number of hydrazone groups is 1. The molecular formula is C16H16ClN3O3S. The van der Waals surface area contributed by atoms with Gasteiger partial charge in [-0.2, -0.15) is 5.10 Å². The number of rotatable bonds is 7. The van der Waals surface area contributed by atoms with Gasteiger partial charge in [0.2, 0.25) is 15.9 Å². The van der Waals surface area contributed by atoms with E-state index in [2.05, 4.69) is 15.2 Å². The Kier molecular flexibility index (Phi) is 6.48. The first-order valence-electron chi connectivity index (χ1n) is 7.09. The Morgan fingerprint density at radius 2 is 1.75 bits per heavy atom. The molecule has 0 aromatic heterocycles. The molecule has 0 heterocycles. The molecule has 0 saturated carbocycles. The summed E-state index contributed by atoms with van der Waals surface area (Å²) in [6, 6.07) is 15.0. The quantitative estimate of drug-likeness (QED) is 0.582. The Hall–Kier alpha value is -2.22. The largest absolute Gasteiger partial charge is 0.273 e. The molecule has 0 aliphatic heterocycles. The van der Waals surface area contributed by atoms with Crippen LogP contribution in [0.2, 0.25) is 5.02 Å². The molecule has 0 aliphatic rings. The van der Waals surface area contributed by atoms with Crippen LogP contribution in [0.3, 0.4) is 0 Å². The van der Waals surface area contributed by atoms with Crippen molar-refractivity contribution in [1.29, 1.82) is 0 Å². The molecule has 2 rings (SSSR count). The zero-order chi connectivity index (χ0) is 17.4. The summed E-state index contributed by atoms with van der Waals surface area (Å²) in [5, 5.41) is 4.26. The molecule has 0 aliphatic carbocycles. The number of hydrogen-bond acceptors (Lipinski definition) is 4. The Morgan fingerprint density at radius 3 is 2.42 bits per heavy atom. The summed E-state index contributed by atoms with van der Waals surface area (Å²) in [6.07, 6.45) is 1.48. The van der Waals surface area contributed by atoms with Crippen LogP contribution in [-0.4, -0.2) is 27.1 Å². The number of nitrogens with zero attached hydrogens (tertiary/aromatic N) is 1. The number of carbonyl (C=O) groups excluding carboxylic acids is 1. The van der Waals surface area contributed by atoms with E-state index in [4.69, 9.17) is 11.6 Å². The van der Waals surface area contributed by atoms with E-state index in [1.165, 1.54) is 30.5 Å². The maximum atomic E-state index is 12.0. The van der Waals surface area contributed by atoms with Crippen LogP contribution in [0.5, 0.6) is 0 Å². The third kappa shape index (κ3) is 5.77. The standard InChI is InChI=1S/C16H16ClN3O3S/c17-14-6-8-15(9-7-14)24(22,23)19-11-10-16(21)20-18-12-13-4-2-1-3-5-13/h1-9,12,19H,10-11H2,(H,20,21)/b18-12+. The number of carbonyl (C=O) groups is 1. The summed E-state index contributed by atoms with van der Waals surface area (Å²) < 4.78 is 26.4. The predicted octanol–water partition coefficient (Wildman–Crippen LogP) is 2.16. The predicted molar refractivity (Wildman–Crippen MR) is 93.4 cm³/mol. The van der Waals surface area contributed by atoms with Crippen molar-refractivity contribution in [2.24, 2.45) is 5.10 Å². The van der Waals surface area contributed by atoms with E-state index in [1.807, 2.05) is 30.3 Å². The summed E-state index contributed by atoms with van der Waals surface area (Å²) in [5.41, 5.74) is 3.19. The molecule has 6 nitrogen and oxygen atoms in total. The molecule has 0 bridgehead atoms. The van der Waals surface area contributed by atoms with Crippen molar-refractivity contribution in [1.82, 2.24) is 10.1 Å². The lowest BCUT2D eigenvalue weighted by Crippen LogP contribution is -2.29. The number of halogens is 1. The van der Waals surface area contributed by atoms with Gasteiger partial charge in [0.05, 0.1) is 11.1 Å². The highest BCUT2D eigenvalue weighted by Gasteiger charge is 2.13. The highest BCUT2D eigenvalue weighted by molar-refractivity contribution is 7.89. The van der Waals surface area contributed by atoms with E-state index in [0.29, 0.717) is 5.02 Å². The third-order valence-electron chi connectivity index (χ3n) is 2.97. The first-order valence-corrected chi connectivity index (χ1v) is 8.96. The highest BCUT2D eigenvalue weighted by Crippen LogP contribution is 2.13. The zero-order valence-corrected chi connectivity index (χ0v) is 14.2. The Balaban J connectivity index is 1.78. The summed E-state index contributed by atoms with van der Waals surface area (Å²) in [6.45, 7) is -0.0301. The summed E-state index contributed by atoms with van der Waals surface area (Å²) >= 11 is 5.72. The van der Waals surface area contributed by atoms with Crippen LogP contribution < -0.4 is 10.1 Å². The Labute approximate surface area is 145 Å². The van der Waals surface area contributed by atoms with Crippen LogP contribution >= 0.6 is 11.6 Å². The minimum Gasteiger partial charge on any atom is -0.273 e. The maximum absolute atomic E-state index is 12.0. The van der Waals surface area contributed by atoms with Crippen LogP contribution in [0.25, 0.3) is 0 Å². The van der Waals surface area contributed by atoms with E-state index in [9.17, 15) is 13.2 Å². The van der Waals surface area contributed by atoms with Crippen molar-refractivity contribution in [3.8, 4) is 0 Å². The third-order valence-corrected chi connectivity index (χ3v) is 4.70. The minimum atomic E-state index is -3.66. The monoisotopic (exact) mass is 365 g/mol. The maximum Gasteiger partial charge on any atom is 0.241 e. The molecule has 2 N–H and O–H groups in total. The molecule has 0 radical (unpaired) electrons. The van der Waals surface area contributed by atoms with Crippen LogP contribution in [0.4, 0.5) is 0 Å². The van der Waals surface area contributed by atoms with Crippen LogP contribution in [-0.2, 0) is 14.8 Å². The van der Waals surface area contributed by atoms with Crippen molar-refractivity contribution in [2.45, 2.75) is 11.3 Å². The molecular weight excluding hydrogens is 350 g/mol. The van der Waals surface area contributed by atoms with E-state index < -0.39 is 10.0 Å². The van der Waals surface area contributed by atoms with Gasteiger partial charge in [0.1, 0.15) is 0 Å². The van der Waals surface area contributed by atoms with Crippen molar-refractivity contribution < 1.29 is 13.2 Å². The molecule has 126 valence electrons. The van der Waals surface area contributed by atoms with Crippen molar-refractivity contribution in [3.63, 3.8) is 0 Å². The van der Waals surface area contributed by atoms with Gasteiger partial charge >= 0.3 is 0 Å². The van der Waals surface area contributed by atoms with E-state index in [-0.39, 0.29) is 23.8 Å². The van der Waals surface area contributed by atoms with Crippen molar-refractivity contribution in [3.05, 3.63) is 65.2 Å². The fourth-order valence-electron chi connectivity index (χ4n) is 1.77. The van der Waals surface area contributed by atoms with Gasteiger partial charge < -0.3 is 0 Å². The summed E-state index contributed by atoms with van der Waals surface area (Å²) in [4.78, 5) is 11.7. The minimum absolute atomic E-state index is 0.0288. The van der Waals surface area contributed by atoms with Gasteiger partial charge in [0.15, 0.2) is 0 Å². The molecule has 2 aromatic carbocycles. The first-order chi connectivity index (χ1) is 11.5. The second kappa shape index (κ2) is 8.58. The number of benzene rings is 2. The molecule has 0 atom stereocenters. The average Bonchev–Trinajstić information content (AvgIpc) is 2.56. The Bertz CT molecular complexity index is 806. The fraction of sp³-hybridized carbons (Fsp3) is 0.125. The fourth-order valence-corrected chi connectivity index (χ4v) is 2.93. The van der Waals surface area contributed by atoms with Gasteiger partial charge in [-0.05, 0) is 29.8 Å². The van der Waals surface area contributed by atoms with Crippen molar-refractivity contribution >= 4 is 33.7 Å². The Morgan fingerprint density at radius 1 is 1.08 bits per heavy atom. The normalized spacial score (nSPS) is 11.5. The highest BCUT2D eigenvalue weighted by atomic mass is 35.5. The lowest BCUT2D eigenvalue weighted by atomic mass is 10.2. The van der Waals surface area contributed by atoms with Crippen LogP contribution in [0, 0.1) is 0 Å². The lowest BCUT2D eigenvalue weighted by molar-refractivity contribution is -0.120. The van der Waals surface area contributed by atoms with Gasteiger partial charge in [-0.1, -0.05) is 41.9 Å². The molecule has 0 saturated heterocycles. The van der Waals surface area contributed by atoms with Crippen molar-refractivity contribution in [2.75, 3.05) is 6.54 Å². The summed E-state index contributed by atoms with van der Waals surface area (Å²) in [7, 11) is -3.66. The molecule has 0 unspecified atom stereocenters. The SMILES string of the molecule is O=C(CCNS(=O)(=O)c1ccc(Cl)cc1)N/N=C/c1ccccc1. The lowest BCUT2D eigenvalue weighted by Gasteiger charge is -2.06. The van der Waals surface area contributed by atoms with Gasteiger partial charge in [-0.15, -0.1) is 0 Å². The van der Waals surface area contributed by atoms with Gasteiger partial charge in [0, 0.05) is 18.0 Å². The van der Waals surface area contributed by atoms with E-state index in [0.717, 1.165) is 5.56 Å². The smallest absolute Gasteiger partial charge is 0.241 e. The summed E-state index contributed by atoms with van der Waals surface area (Å²) in [5.74, 6) is -0.388. The van der Waals surface area contributed by atoms with Crippen LogP contribution in [0.15, 0.2) is 64.6 Å². The molecule has 0 fully saturated rings. The van der Waals surface area contributed by atoms with Gasteiger partial charge in [-0.25, -0.2) is 18.6 Å². The topological polar surface area (TPSA) is 87.6 Å². The zero-order valence-electron chi connectivity index (χ0n) is 12.6. The van der Waals surface area contributed by atoms with E-state index in [1.54, 1.807) is 0 Å². The van der Waals surface area contributed by atoms with Gasteiger partial charge in [-0.3, -0.25) is 4.79 Å². The van der Waals surface area contributed by atoms with Crippen LogP contribution in [0.1, 0.15) is 12.0 Å². The molecule has 0 spiro atoms. The van der Waals surface area contributed by atoms with E-state index >= 15 is 0 Å². The molecule has 8 heteroatoms. The first kappa shape index (κ1) is 18.1. The number of sulfonamides is 1. The van der Waals surface area contributed by atoms with Gasteiger partial charge in [0.25, 0.3) is 0 Å². The number of hydrogen-bond donors (Lipinski definition) is 2. The second-order valence-corrected chi connectivity index (χ2v) is 7.01. The second-order valence-electron chi connectivity index (χ2n) is 4.81. The number of nitrogens with one attached hydrogen (secondary N) is 2. The number of amides is 1. The molecule has 1 amide bonds. The molecule has 2 aromatic rings.